The molecule has 3 heterocycles. The molecule has 29 heavy (non-hydrogen) atoms. The minimum Gasteiger partial charge on any atom is -0.493 e. The summed E-state index contributed by atoms with van der Waals surface area (Å²) in [4.78, 5) is 12.4. The van der Waals surface area contributed by atoms with Gasteiger partial charge in [0, 0.05) is 25.0 Å². The van der Waals surface area contributed by atoms with Gasteiger partial charge in [0.2, 0.25) is 5.88 Å². The summed E-state index contributed by atoms with van der Waals surface area (Å²) in [6.07, 6.45) is 13.1. The maximum atomic E-state index is 10.1. The second kappa shape index (κ2) is 7.05. The topological polar surface area (TPSA) is 73.1 Å². The van der Waals surface area contributed by atoms with Gasteiger partial charge in [0.25, 0.3) is 0 Å². The highest BCUT2D eigenvalue weighted by atomic mass is 16.5. The third-order valence-corrected chi connectivity index (χ3v) is 5.10. The van der Waals surface area contributed by atoms with Crippen LogP contribution in [0.4, 0.5) is 0 Å². The van der Waals surface area contributed by atoms with Crippen LogP contribution in [-0.2, 0) is 6.54 Å². The smallest absolute Gasteiger partial charge is 0.325 e. The van der Waals surface area contributed by atoms with Crippen LogP contribution < -0.4 is 4.74 Å². The molecule has 1 aromatic carbocycles. The Morgan fingerprint density at radius 1 is 1.21 bits per heavy atom. The first-order valence-electron chi connectivity index (χ1n) is 9.60. The zero-order valence-electron chi connectivity index (χ0n) is 16.0. The van der Waals surface area contributed by atoms with Crippen LogP contribution >= 0.6 is 0 Å². The van der Waals surface area contributed by atoms with E-state index in [0.717, 1.165) is 23.9 Å². The van der Waals surface area contributed by atoms with Crippen molar-refractivity contribution in [1.82, 2.24) is 19.5 Å². The van der Waals surface area contributed by atoms with E-state index >= 15 is 0 Å². The third-order valence-electron chi connectivity index (χ3n) is 5.10. The zero-order valence-corrected chi connectivity index (χ0v) is 16.0. The molecule has 0 spiro atoms. The number of rotatable bonds is 4. The fourth-order valence-corrected chi connectivity index (χ4v) is 3.68. The molecule has 3 aromatic heterocycles. The average Bonchev–Trinajstić information content (AvgIpc) is 3.10. The van der Waals surface area contributed by atoms with Crippen molar-refractivity contribution in [3.8, 4) is 17.6 Å². The Labute approximate surface area is 167 Å². The number of ether oxygens (including phenoxy) is 1. The molecule has 0 aliphatic heterocycles. The fourth-order valence-electron chi connectivity index (χ4n) is 3.68. The zero-order chi connectivity index (χ0) is 19.8. The number of pyridine rings is 1. The number of allylic oxidation sites excluding steroid dienone is 4. The van der Waals surface area contributed by atoms with Crippen molar-refractivity contribution in [3.63, 3.8) is 0 Å². The lowest BCUT2D eigenvalue weighted by molar-refractivity contribution is 0.412. The first-order valence-corrected chi connectivity index (χ1v) is 9.60. The molecule has 4 aromatic rings. The van der Waals surface area contributed by atoms with E-state index in [-0.39, 0.29) is 11.9 Å². The molecule has 6 nitrogen and oxygen atoms in total. The lowest BCUT2D eigenvalue weighted by Gasteiger charge is -2.14. The Morgan fingerprint density at radius 2 is 2.14 bits per heavy atom. The van der Waals surface area contributed by atoms with Crippen molar-refractivity contribution in [2.24, 2.45) is 5.92 Å². The maximum absolute atomic E-state index is 10.1. The predicted octanol–water partition coefficient (Wildman–Crippen LogP) is 5.00. The largest absolute Gasteiger partial charge is 0.493 e. The Morgan fingerprint density at radius 3 is 3.03 bits per heavy atom. The van der Waals surface area contributed by atoms with E-state index in [2.05, 4.69) is 56.9 Å². The number of hydrogen-bond donors (Lipinski definition) is 1. The summed E-state index contributed by atoms with van der Waals surface area (Å²) in [5, 5.41) is 11.8. The number of aromatic hydroxyl groups is 1. The lowest BCUT2D eigenvalue weighted by Crippen LogP contribution is -2.03. The molecular formula is C23H20N4O2. The maximum Gasteiger partial charge on any atom is 0.325 e. The molecule has 0 saturated heterocycles. The van der Waals surface area contributed by atoms with E-state index in [4.69, 9.17) is 4.74 Å². The standard InChI is InChI=1S/C23H20N4O2/c1-15-3-2-4-16(11-15)14-27-10-8-17-5-6-18(12-21(17)27)29-23-25-20-13-24-9-7-19(20)22(28)26-23/h2,4-13,15H,3,14H2,1H3,(H,25,26,28). The van der Waals surface area contributed by atoms with Crippen molar-refractivity contribution in [2.45, 2.75) is 19.9 Å². The van der Waals surface area contributed by atoms with E-state index in [1.54, 1.807) is 18.5 Å². The Kier molecular flexibility index (Phi) is 4.24. The van der Waals surface area contributed by atoms with Crippen molar-refractivity contribution in [3.05, 3.63) is 72.7 Å². The molecule has 1 unspecified atom stereocenters. The van der Waals surface area contributed by atoms with Gasteiger partial charge in [-0.2, -0.15) is 9.97 Å². The molecule has 0 radical (unpaired) electrons. The van der Waals surface area contributed by atoms with E-state index in [1.165, 1.54) is 5.57 Å². The molecule has 1 aliphatic rings. The molecule has 0 fully saturated rings. The SMILES string of the molecule is CC1C=C(Cn2ccc3ccc(Oc4nc(O)c5ccncc5n4)cc32)C=CC1. The lowest BCUT2D eigenvalue weighted by atomic mass is 9.98. The molecule has 6 heteroatoms. The summed E-state index contributed by atoms with van der Waals surface area (Å²) in [6.45, 7) is 3.05. The summed E-state index contributed by atoms with van der Waals surface area (Å²) in [6, 6.07) is 9.72. The Bertz CT molecular complexity index is 1270. The average molecular weight is 384 g/mol. The van der Waals surface area contributed by atoms with E-state index in [9.17, 15) is 5.11 Å². The highest BCUT2D eigenvalue weighted by Gasteiger charge is 2.11. The van der Waals surface area contributed by atoms with Crippen LogP contribution in [0.5, 0.6) is 17.6 Å². The molecule has 1 N–H and O–H groups in total. The van der Waals surface area contributed by atoms with Gasteiger partial charge in [0.15, 0.2) is 0 Å². The van der Waals surface area contributed by atoms with Crippen LogP contribution in [0, 0.1) is 5.92 Å². The summed E-state index contributed by atoms with van der Waals surface area (Å²) < 4.78 is 8.06. The molecular weight excluding hydrogens is 364 g/mol. The second-order valence-corrected chi connectivity index (χ2v) is 7.35. The first kappa shape index (κ1) is 17.4. The molecule has 0 amide bonds. The summed E-state index contributed by atoms with van der Waals surface area (Å²) >= 11 is 0. The monoisotopic (exact) mass is 384 g/mol. The number of fused-ring (bicyclic) bond motifs is 2. The van der Waals surface area contributed by atoms with Crippen LogP contribution in [0.15, 0.2) is 72.7 Å². The van der Waals surface area contributed by atoms with Gasteiger partial charge in [-0.05, 0) is 47.6 Å². The van der Waals surface area contributed by atoms with Gasteiger partial charge in [-0.25, -0.2) is 0 Å². The highest BCUT2D eigenvalue weighted by Crippen LogP contribution is 2.29. The molecule has 0 bridgehead atoms. The Balaban J connectivity index is 1.46. The van der Waals surface area contributed by atoms with Crippen molar-refractivity contribution >= 4 is 21.8 Å². The van der Waals surface area contributed by atoms with Crippen LogP contribution in [0.1, 0.15) is 13.3 Å². The van der Waals surface area contributed by atoms with Crippen molar-refractivity contribution < 1.29 is 9.84 Å². The van der Waals surface area contributed by atoms with Gasteiger partial charge >= 0.3 is 6.01 Å². The van der Waals surface area contributed by atoms with Gasteiger partial charge in [-0.15, -0.1) is 0 Å². The van der Waals surface area contributed by atoms with Crippen molar-refractivity contribution in [1.29, 1.82) is 0 Å². The van der Waals surface area contributed by atoms with Gasteiger partial charge in [0.1, 0.15) is 5.75 Å². The second-order valence-electron chi connectivity index (χ2n) is 7.35. The molecule has 5 rings (SSSR count). The number of nitrogens with zero attached hydrogens (tertiary/aromatic N) is 4. The summed E-state index contributed by atoms with van der Waals surface area (Å²) in [5.74, 6) is 1.06. The van der Waals surface area contributed by atoms with Gasteiger partial charge in [0.05, 0.1) is 22.6 Å². The fraction of sp³-hybridized carbons (Fsp3) is 0.174. The van der Waals surface area contributed by atoms with Crippen LogP contribution in [0.25, 0.3) is 21.8 Å². The normalized spacial score (nSPS) is 16.3. The molecule has 0 saturated carbocycles. The third kappa shape index (κ3) is 3.45. The van der Waals surface area contributed by atoms with Crippen LogP contribution in [-0.4, -0.2) is 24.6 Å². The highest BCUT2D eigenvalue weighted by molar-refractivity contribution is 5.83. The number of benzene rings is 1. The van der Waals surface area contributed by atoms with E-state index in [1.807, 2.05) is 18.2 Å². The van der Waals surface area contributed by atoms with E-state index < -0.39 is 0 Å². The molecule has 1 aliphatic carbocycles. The summed E-state index contributed by atoms with van der Waals surface area (Å²) in [5.41, 5.74) is 2.91. The minimum absolute atomic E-state index is 0.0900. The summed E-state index contributed by atoms with van der Waals surface area (Å²) in [7, 11) is 0. The van der Waals surface area contributed by atoms with Crippen molar-refractivity contribution in [2.75, 3.05) is 0 Å². The van der Waals surface area contributed by atoms with E-state index in [0.29, 0.717) is 22.6 Å². The molecule has 144 valence electrons. The van der Waals surface area contributed by atoms with Gasteiger partial charge < -0.3 is 14.4 Å². The number of hydrogen-bond acceptors (Lipinski definition) is 5. The van der Waals surface area contributed by atoms with Crippen LogP contribution in [0.3, 0.4) is 0 Å². The van der Waals surface area contributed by atoms with Crippen LogP contribution in [0.2, 0.25) is 0 Å². The quantitative estimate of drug-likeness (QED) is 0.536. The van der Waals surface area contributed by atoms with Gasteiger partial charge in [-0.1, -0.05) is 25.2 Å². The minimum atomic E-state index is -0.123. The predicted molar refractivity (Wildman–Crippen MR) is 112 cm³/mol. The first-order chi connectivity index (χ1) is 14.2. The van der Waals surface area contributed by atoms with Gasteiger partial charge in [-0.3, -0.25) is 4.98 Å². The molecule has 1 atom stereocenters. The Hall–Kier alpha value is -3.67. The number of aromatic nitrogens is 4.